The summed E-state index contributed by atoms with van der Waals surface area (Å²) in [7, 11) is 1.86. The summed E-state index contributed by atoms with van der Waals surface area (Å²) in [4.78, 5) is 55.1. The first kappa shape index (κ1) is 43.1. The molecule has 0 aliphatic carbocycles. The van der Waals surface area contributed by atoms with E-state index in [4.69, 9.17) is 26.1 Å². The van der Waals surface area contributed by atoms with E-state index in [-0.39, 0.29) is 43.4 Å². The summed E-state index contributed by atoms with van der Waals surface area (Å²) in [5.41, 5.74) is 6.27. The monoisotopic (exact) mass is 875 g/mol. The van der Waals surface area contributed by atoms with E-state index < -0.39 is 23.8 Å². The second-order valence-electron chi connectivity index (χ2n) is 15.8. The van der Waals surface area contributed by atoms with Gasteiger partial charge in [0.25, 0.3) is 5.91 Å². The van der Waals surface area contributed by atoms with Gasteiger partial charge in [0.1, 0.15) is 34.6 Å². The molecule has 63 heavy (non-hydrogen) atoms. The molecular formula is C47H47ClFN7O7. The molecule has 0 spiro atoms. The molecule has 1 aliphatic heterocycles. The number of aryl methyl sites for hydroxylation is 5. The number of hydrogen-bond donors (Lipinski definition) is 3. The quantitative estimate of drug-likeness (QED) is 0.0653. The van der Waals surface area contributed by atoms with Crippen LogP contribution in [0, 0.1) is 26.6 Å². The van der Waals surface area contributed by atoms with Crippen molar-refractivity contribution in [2.24, 2.45) is 7.05 Å². The van der Waals surface area contributed by atoms with Gasteiger partial charge in [0.05, 0.1) is 40.5 Å². The first-order valence-electron chi connectivity index (χ1n) is 20.9. The van der Waals surface area contributed by atoms with Crippen molar-refractivity contribution < 1.29 is 38.1 Å². The molecule has 1 aliphatic rings. The van der Waals surface area contributed by atoms with Gasteiger partial charge in [-0.05, 0) is 99.9 Å². The topological polar surface area (TPSA) is 172 Å². The number of para-hydroxylation sites is 1. The number of ether oxygens (including phenoxy) is 2. The Morgan fingerprint density at radius 2 is 1.75 bits per heavy atom. The number of carbonyl (C=O) groups is 4. The maximum Gasteiger partial charge on any atom is 0.352 e. The molecule has 0 radical (unpaired) electrons. The number of rotatable bonds is 16. The molecule has 1 unspecified atom stereocenters. The number of carboxylic acids is 1. The van der Waals surface area contributed by atoms with E-state index in [1.165, 1.54) is 12.1 Å². The van der Waals surface area contributed by atoms with Crippen LogP contribution in [0.1, 0.15) is 69.3 Å². The average Bonchev–Trinajstić information content (AvgIpc) is 3.84. The third kappa shape index (κ3) is 8.50. The van der Waals surface area contributed by atoms with Gasteiger partial charge in [-0.3, -0.25) is 24.4 Å². The Hall–Kier alpha value is -6.58. The molecular weight excluding hydrogens is 829 g/mol. The van der Waals surface area contributed by atoms with Crippen LogP contribution in [0.2, 0.25) is 5.02 Å². The normalized spacial score (nSPS) is 14.2. The lowest BCUT2D eigenvalue weighted by atomic mass is 9.98. The van der Waals surface area contributed by atoms with Gasteiger partial charge in [-0.25, -0.2) is 14.2 Å². The fourth-order valence-corrected chi connectivity index (χ4v) is 8.99. The zero-order valence-electron chi connectivity index (χ0n) is 35.4. The van der Waals surface area contributed by atoms with Crippen molar-refractivity contribution in [2.75, 3.05) is 19.8 Å². The highest BCUT2D eigenvalue weighted by atomic mass is 35.5. The predicted octanol–water partition coefficient (Wildman–Crippen LogP) is 7.61. The van der Waals surface area contributed by atoms with Crippen LogP contribution >= 0.6 is 11.6 Å². The van der Waals surface area contributed by atoms with Crippen LogP contribution in [0.3, 0.4) is 0 Å². The molecule has 14 nitrogen and oxygen atoms in total. The van der Waals surface area contributed by atoms with Gasteiger partial charge in [0.2, 0.25) is 11.8 Å². The minimum absolute atomic E-state index is 0.148. The van der Waals surface area contributed by atoms with E-state index >= 15 is 0 Å². The van der Waals surface area contributed by atoms with Crippen molar-refractivity contribution in [3.05, 3.63) is 112 Å². The molecule has 4 aromatic carbocycles. The lowest BCUT2D eigenvalue weighted by molar-refractivity contribution is -0.134. The lowest BCUT2D eigenvalue weighted by Gasteiger charge is -2.21. The first-order valence-corrected chi connectivity index (χ1v) is 21.3. The van der Waals surface area contributed by atoms with Crippen LogP contribution in [0.4, 0.5) is 4.39 Å². The van der Waals surface area contributed by atoms with Crippen LogP contribution < -0.4 is 15.4 Å². The van der Waals surface area contributed by atoms with Crippen LogP contribution in [0.15, 0.2) is 66.7 Å². The third-order valence-corrected chi connectivity index (χ3v) is 12.1. The Morgan fingerprint density at radius 3 is 2.51 bits per heavy atom. The Morgan fingerprint density at radius 1 is 0.952 bits per heavy atom. The van der Waals surface area contributed by atoms with Gasteiger partial charge in [-0.15, -0.1) is 0 Å². The van der Waals surface area contributed by atoms with Gasteiger partial charge in [0.15, 0.2) is 0 Å². The van der Waals surface area contributed by atoms with Crippen LogP contribution in [0.5, 0.6) is 5.75 Å². The van der Waals surface area contributed by atoms with Gasteiger partial charge < -0.3 is 29.0 Å². The number of nitrogens with zero attached hydrogens (tertiary/aromatic N) is 5. The van der Waals surface area contributed by atoms with Crippen molar-refractivity contribution in [1.29, 1.82) is 0 Å². The summed E-state index contributed by atoms with van der Waals surface area (Å²) in [5, 5.41) is 23.3. The zero-order chi connectivity index (χ0) is 44.5. The van der Waals surface area contributed by atoms with Gasteiger partial charge in [-0.2, -0.15) is 5.10 Å². The van der Waals surface area contributed by atoms with Gasteiger partial charge >= 0.3 is 5.97 Å². The highest BCUT2D eigenvalue weighted by molar-refractivity contribution is 6.35. The van der Waals surface area contributed by atoms with Gasteiger partial charge in [-0.1, -0.05) is 35.9 Å². The Labute approximate surface area is 366 Å². The van der Waals surface area contributed by atoms with E-state index in [0.717, 1.165) is 38.6 Å². The number of amides is 3. The number of aromatic carboxylic acids is 1. The summed E-state index contributed by atoms with van der Waals surface area (Å²) < 4.78 is 31.9. The van der Waals surface area contributed by atoms with Crippen LogP contribution in [-0.2, 0) is 40.9 Å². The molecule has 1 atom stereocenters. The molecule has 7 aromatic rings. The molecule has 3 N–H and O–H groups in total. The smallest absolute Gasteiger partial charge is 0.352 e. The summed E-state index contributed by atoms with van der Waals surface area (Å²) >= 11 is 7.01. The third-order valence-electron chi connectivity index (χ3n) is 11.8. The second-order valence-corrected chi connectivity index (χ2v) is 16.2. The standard InChI is InChI=1S/C47H47ClFN7O7/c1-26-40(27(2)54(4)53-26)41-35(48)17-16-33-32(11-7-23-63-38-13-5-9-29-25-30(49)14-15-31(29)38)44(47(60)61)56(43(33)41)21-24-62-22-8-20-55-28(3)50-42-34(10-6-12-37(42)55)45(58)51-36-18-19-39(57)52-46(36)59/h5-6,9-10,12-17,25,36H,7-8,11,18-24H2,1-4H3,(H,51,58)(H,60,61)(H,52,57,59). The molecule has 8 rings (SSSR count). The fourth-order valence-electron chi connectivity index (χ4n) is 8.75. The van der Waals surface area contributed by atoms with E-state index in [9.17, 15) is 28.7 Å². The number of carbonyl (C=O) groups excluding carboxylic acids is 3. The Bertz CT molecular complexity index is 2950. The van der Waals surface area contributed by atoms with E-state index in [0.29, 0.717) is 83.3 Å². The number of carboxylic acid groups (broad SMARTS) is 1. The molecule has 0 saturated carbocycles. The number of halogens is 2. The Balaban J connectivity index is 0.999. The summed E-state index contributed by atoms with van der Waals surface area (Å²) in [6.07, 6.45) is 1.88. The summed E-state index contributed by atoms with van der Waals surface area (Å²) in [6.45, 7) is 7.36. The first-order chi connectivity index (χ1) is 30.3. The minimum atomic E-state index is -1.08. The van der Waals surface area contributed by atoms with Crippen molar-refractivity contribution >= 4 is 68.0 Å². The minimum Gasteiger partial charge on any atom is -0.493 e. The highest BCUT2D eigenvalue weighted by Gasteiger charge is 2.30. The lowest BCUT2D eigenvalue weighted by Crippen LogP contribution is -2.52. The number of aromatic nitrogens is 5. The number of piperidine rings is 1. The van der Waals surface area contributed by atoms with Crippen LogP contribution in [-0.4, -0.2) is 78.6 Å². The number of imide groups is 1. The second kappa shape index (κ2) is 18.0. The molecule has 3 aromatic heterocycles. The molecule has 1 saturated heterocycles. The molecule has 4 heterocycles. The number of nitrogens with one attached hydrogen (secondary N) is 2. The molecule has 16 heteroatoms. The van der Waals surface area contributed by atoms with Gasteiger partial charge in [0, 0.05) is 60.8 Å². The van der Waals surface area contributed by atoms with Crippen molar-refractivity contribution in [2.45, 2.75) is 72.0 Å². The molecule has 1 fully saturated rings. The molecule has 3 amide bonds. The average molecular weight is 876 g/mol. The van der Waals surface area contributed by atoms with E-state index in [1.54, 1.807) is 27.4 Å². The SMILES string of the molecule is Cc1nn(C)c(C)c1-c1c(Cl)ccc2c(CCCOc3cccc4cc(F)ccc34)c(C(=O)O)n(CCOCCCn3c(C)nc4c(C(=O)NC5CCC(=O)NC5=O)cccc43)c12. The molecule has 0 bridgehead atoms. The number of hydrogen-bond acceptors (Lipinski definition) is 8. The number of fused-ring (bicyclic) bond motifs is 3. The van der Waals surface area contributed by atoms with E-state index in [1.807, 2.05) is 68.8 Å². The maximum atomic E-state index is 13.9. The van der Waals surface area contributed by atoms with Crippen molar-refractivity contribution in [1.82, 2.24) is 34.5 Å². The summed E-state index contributed by atoms with van der Waals surface area (Å²) in [5.74, 6) is -1.42. The molecule has 326 valence electrons. The van der Waals surface area contributed by atoms with Crippen LogP contribution in [0.25, 0.3) is 43.8 Å². The number of benzene rings is 4. The van der Waals surface area contributed by atoms with Crippen molar-refractivity contribution in [3.63, 3.8) is 0 Å². The largest absolute Gasteiger partial charge is 0.493 e. The highest BCUT2D eigenvalue weighted by Crippen LogP contribution is 2.42. The van der Waals surface area contributed by atoms with Crippen molar-refractivity contribution in [3.8, 4) is 16.9 Å². The fraction of sp³-hybridized carbons (Fsp3) is 0.319. The zero-order valence-corrected chi connectivity index (χ0v) is 36.1. The summed E-state index contributed by atoms with van der Waals surface area (Å²) in [6, 6.07) is 18.2. The Kier molecular flexibility index (Phi) is 12.3. The number of imidazole rings is 1. The predicted molar refractivity (Wildman–Crippen MR) is 237 cm³/mol. The maximum absolute atomic E-state index is 13.9. The van der Waals surface area contributed by atoms with E-state index in [2.05, 4.69) is 15.7 Å².